The van der Waals surface area contributed by atoms with Crippen LogP contribution in [0.5, 0.6) is 17.2 Å². The van der Waals surface area contributed by atoms with Gasteiger partial charge in [-0.3, -0.25) is 0 Å². The van der Waals surface area contributed by atoms with E-state index in [0.29, 0.717) is 26.4 Å². The molecule has 0 aromatic heterocycles. The van der Waals surface area contributed by atoms with Gasteiger partial charge in [-0.2, -0.15) is 0 Å². The van der Waals surface area contributed by atoms with E-state index in [4.69, 9.17) is 14.2 Å². The third-order valence-corrected chi connectivity index (χ3v) is 4.30. The second-order valence-corrected chi connectivity index (χ2v) is 6.02. The van der Waals surface area contributed by atoms with Crippen LogP contribution < -0.4 is 24.8 Å². The lowest BCUT2D eigenvalue weighted by molar-refractivity contribution is 0.231. The van der Waals surface area contributed by atoms with E-state index >= 15 is 0 Å². The molecule has 2 heterocycles. The van der Waals surface area contributed by atoms with Gasteiger partial charge in [0, 0.05) is 24.1 Å². The summed E-state index contributed by atoms with van der Waals surface area (Å²) in [6.07, 6.45) is 0.850. The average Bonchev–Trinajstić information content (AvgIpc) is 2.88. The van der Waals surface area contributed by atoms with E-state index in [9.17, 15) is 4.79 Å². The van der Waals surface area contributed by atoms with Gasteiger partial charge >= 0.3 is 6.03 Å². The van der Waals surface area contributed by atoms with Crippen molar-refractivity contribution in [1.29, 1.82) is 0 Å². The Kier molecular flexibility index (Phi) is 4.33. The fraction of sp³-hybridized carbons (Fsp3) is 0.316. The molecule has 6 nitrogen and oxygen atoms in total. The molecule has 1 atom stereocenters. The number of carbonyl (C=O) groups excluding carboxylic acids is 1. The van der Waals surface area contributed by atoms with Crippen molar-refractivity contribution in [2.45, 2.75) is 19.0 Å². The molecule has 2 amide bonds. The van der Waals surface area contributed by atoms with Crippen LogP contribution in [-0.2, 0) is 6.54 Å². The molecule has 2 aromatic rings. The number of fused-ring (bicyclic) bond motifs is 2. The Labute approximate surface area is 146 Å². The number of benzene rings is 2. The molecule has 4 rings (SSSR count). The molecule has 0 bridgehead atoms. The zero-order valence-electron chi connectivity index (χ0n) is 13.8. The molecular formula is C19H20N2O4. The summed E-state index contributed by atoms with van der Waals surface area (Å²) in [7, 11) is 0. The molecule has 0 radical (unpaired) electrons. The molecule has 0 spiro atoms. The lowest BCUT2D eigenvalue weighted by Gasteiger charge is -2.15. The van der Waals surface area contributed by atoms with Gasteiger partial charge < -0.3 is 24.8 Å². The molecule has 130 valence electrons. The molecule has 1 unspecified atom stereocenters. The van der Waals surface area contributed by atoms with E-state index in [1.807, 2.05) is 42.5 Å². The third kappa shape index (κ3) is 3.33. The first-order valence-electron chi connectivity index (χ1n) is 8.45. The second kappa shape index (κ2) is 6.93. The molecule has 0 saturated heterocycles. The van der Waals surface area contributed by atoms with Gasteiger partial charge in [0.2, 0.25) is 0 Å². The maximum Gasteiger partial charge on any atom is 0.315 e. The first-order valence-corrected chi connectivity index (χ1v) is 8.45. The number of ether oxygens (including phenoxy) is 3. The number of amides is 2. The number of urea groups is 1. The van der Waals surface area contributed by atoms with E-state index in [1.54, 1.807) is 0 Å². The molecular weight excluding hydrogens is 320 g/mol. The topological polar surface area (TPSA) is 68.8 Å². The maximum absolute atomic E-state index is 12.3. The standard InChI is InChI=1S/C19H20N2O4/c22-19(21-15-12-25-16-7-2-1-6-14(15)16)20-11-13-5-3-8-17-18(13)24-10-4-9-23-17/h1-3,5-8,15H,4,9-12H2,(H2,20,21,22). The van der Waals surface area contributed by atoms with Crippen LogP contribution in [0.3, 0.4) is 0 Å². The smallest absolute Gasteiger partial charge is 0.315 e. The molecule has 6 heteroatoms. The van der Waals surface area contributed by atoms with Gasteiger partial charge in [0.25, 0.3) is 0 Å². The third-order valence-electron chi connectivity index (χ3n) is 4.30. The van der Waals surface area contributed by atoms with E-state index in [2.05, 4.69) is 10.6 Å². The summed E-state index contributed by atoms with van der Waals surface area (Å²) in [5.74, 6) is 2.27. The highest BCUT2D eigenvalue weighted by Gasteiger charge is 2.25. The zero-order chi connectivity index (χ0) is 17.1. The summed E-state index contributed by atoms with van der Waals surface area (Å²) < 4.78 is 17.0. The molecule has 0 saturated carbocycles. The van der Waals surface area contributed by atoms with Crippen LogP contribution in [-0.4, -0.2) is 25.9 Å². The van der Waals surface area contributed by atoms with E-state index in [0.717, 1.165) is 34.8 Å². The number of rotatable bonds is 3. The second-order valence-electron chi connectivity index (χ2n) is 6.02. The Morgan fingerprint density at radius 2 is 1.84 bits per heavy atom. The molecule has 0 fully saturated rings. The van der Waals surface area contributed by atoms with Crippen molar-refractivity contribution in [2.24, 2.45) is 0 Å². The van der Waals surface area contributed by atoms with Crippen molar-refractivity contribution < 1.29 is 19.0 Å². The van der Waals surface area contributed by atoms with Crippen LogP contribution >= 0.6 is 0 Å². The van der Waals surface area contributed by atoms with Gasteiger partial charge in [0.05, 0.1) is 19.3 Å². The summed E-state index contributed by atoms with van der Waals surface area (Å²) in [4.78, 5) is 12.3. The molecule has 25 heavy (non-hydrogen) atoms. The first kappa shape index (κ1) is 15.6. The van der Waals surface area contributed by atoms with Gasteiger partial charge in [-0.05, 0) is 12.1 Å². The minimum absolute atomic E-state index is 0.135. The summed E-state index contributed by atoms with van der Waals surface area (Å²) in [6.45, 7) is 2.08. The number of carbonyl (C=O) groups is 1. The Balaban J connectivity index is 1.39. The van der Waals surface area contributed by atoms with Gasteiger partial charge in [0.15, 0.2) is 11.5 Å². The van der Waals surface area contributed by atoms with Gasteiger partial charge in [-0.1, -0.05) is 30.3 Å². The maximum atomic E-state index is 12.3. The van der Waals surface area contributed by atoms with Crippen LogP contribution in [0.1, 0.15) is 23.6 Å². The molecule has 2 aromatic carbocycles. The predicted octanol–water partition coefficient (Wildman–Crippen LogP) is 2.78. The van der Waals surface area contributed by atoms with Crippen molar-refractivity contribution >= 4 is 6.03 Å². The van der Waals surface area contributed by atoms with E-state index < -0.39 is 0 Å². The van der Waals surface area contributed by atoms with Crippen LogP contribution in [0.25, 0.3) is 0 Å². The Morgan fingerprint density at radius 3 is 2.80 bits per heavy atom. The summed E-state index contributed by atoms with van der Waals surface area (Å²) >= 11 is 0. The van der Waals surface area contributed by atoms with Crippen molar-refractivity contribution in [1.82, 2.24) is 10.6 Å². The van der Waals surface area contributed by atoms with E-state index in [-0.39, 0.29) is 12.1 Å². The van der Waals surface area contributed by atoms with Crippen LogP contribution in [0, 0.1) is 0 Å². The summed E-state index contributed by atoms with van der Waals surface area (Å²) in [5.41, 5.74) is 1.90. The highest BCUT2D eigenvalue weighted by Crippen LogP contribution is 2.33. The summed E-state index contributed by atoms with van der Waals surface area (Å²) in [6, 6.07) is 13.1. The Hall–Kier alpha value is -2.89. The highest BCUT2D eigenvalue weighted by molar-refractivity contribution is 5.75. The van der Waals surface area contributed by atoms with Gasteiger partial charge in [-0.15, -0.1) is 0 Å². The van der Waals surface area contributed by atoms with Gasteiger partial charge in [0.1, 0.15) is 12.4 Å². The van der Waals surface area contributed by atoms with Crippen molar-refractivity contribution in [3.8, 4) is 17.2 Å². The average molecular weight is 340 g/mol. The molecule has 2 aliphatic heterocycles. The zero-order valence-corrected chi connectivity index (χ0v) is 13.8. The predicted molar refractivity (Wildman–Crippen MR) is 92.1 cm³/mol. The summed E-state index contributed by atoms with van der Waals surface area (Å²) in [5, 5.41) is 5.84. The lowest BCUT2D eigenvalue weighted by Crippen LogP contribution is -2.38. The quantitative estimate of drug-likeness (QED) is 0.901. The monoisotopic (exact) mass is 340 g/mol. The Bertz CT molecular complexity index is 778. The van der Waals surface area contributed by atoms with Gasteiger partial charge in [-0.25, -0.2) is 4.79 Å². The van der Waals surface area contributed by atoms with Crippen LogP contribution in [0.15, 0.2) is 42.5 Å². The molecule has 2 aliphatic rings. The lowest BCUT2D eigenvalue weighted by atomic mass is 10.1. The number of nitrogens with one attached hydrogen (secondary N) is 2. The van der Waals surface area contributed by atoms with E-state index in [1.165, 1.54) is 0 Å². The fourth-order valence-electron chi connectivity index (χ4n) is 3.06. The van der Waals surface area contributed by atoms with Crippen molar-refractivity contribution in [3.05, 3.63) is 53.6 Å². The van der Waals surface area contributed by atoms with Crippen molar-refractivity contribution in [2.75, 3.05) is 19.8 Å². The van der Waals surface area contributed by atoms with Crippen LogP contribution in [0.2, 0.25) is 0 Å². The largest absolute Gasteiger partial charge is 0.491 e. The normalized spacial score (nSPS) is 17.8. The molecule has 2 N–H and O–H groups in total. The number of hydrogen-bond acceptors (Lipinski definition) is 4. The van der Waals surface area contributed by atoms with Crippen LogP contribution in [0.4, 0.5) is 4.79 Å². The highest BCUT2D eigenvalue weighted by atomic mass is 16.5. The fourth-order valence-corrected chi connectivity index (χ4v) is 3.06. The minimum atomic E-state index is -0.238. The van der Waals surface area contributed by atoms with Crippen molar-refractivity contribution in [3.63, 3.8) is 0 Å². The minimum Gasteiger partial charge on any atom is -0.491 e. The number of para-hydroxylation sites is 2. The molecule has 0 aliphatic carbocycles. The SMILES string of the molecule is O=C(NCc1cccc2c1OCCCO2)NC1COc2ccccc21. The first-order chi connectivity index (χ1) is 12.3. The number of hydrogen-bond donors (Lipinski definition) is 2. The Morgan fingerprint density at radius 1 is 1.00 bits per heavy atom.